The third-order valence-corrected chi connectivity index (χ3v) is 7.10. The van der Waals surface area contributed by atoms with Crippen LogP contribution in [0.1, 0.15) is 32.1 Å². The number of aliphatic carboxylic acids is 1. The van der Waals surface area contributed by atoms with E-state index in [1.807, 2.05) is 11.0 Å². The first-order valence-corrected chi connectivity index (χ1v) is 12.9. The van der Waals surface area contributed by atoms with E-state index in [2.05, 4.69) is 25.6 Å². The van der Waals surface area contributed by atoms with Gasteiger partial charge in [0.15, 0.2) is 11.6 Å². The summed E-state index contributed by atoms with van der Waals surface area (Å²) in [5.74, 6) is -0.0783. The molecule has 0 unspecified atom stereocenters. The molecular formula is C27H32FN7O3. The molecule has 5 rings (SSSR count). The molecular weight excluding hydrogens is 489 g/mol. The van der Waals surface area contributed by atoms with Gasteiger partial charge < -0.3 is 26.2 Å². The summed E-state index contributed by atoms with van der Waals surface area (Å²) in [5.41, 5.74) is 6.71. The fourth-order valence-corrected chi connectivity index (χ4v) is 4.75. The van der Waals surface area contributed by atoms with Gasteiger partial charge in [-0.25, -0.2) is 19.3 Å². The average Bonchev–Trinajstić information content (AvgIpc) is 3.75. The summed E-state index contributed by atoms with van der Waals surface area (Å²) in [7, 11) is 0. The average molecular weight is 522 g/mol. The first kappa shape index (κ1) is 25.8. The first-order chi connectivity index (χ1) is 18.5. The molecule has 0 amide bonds. The van der Waals surface area contributed by atoms with Crippen LogP contribution in [0.4, 0.5) is 21.8 Å². The third kappa shape index (κ3) is 5.68. The second-order valence-corrected chi connectivity index (χ2v) is 9.68. The second-order valence-electron chi connectivity index (χ2n) is 9.68. The second kappa shape index (κ2) is 11.3. The highest BCUT2D eigenvalue weighted by Gasteiger charge is 2.55. The molecule has 11 heteroatoms. The Hall–Kier alpha value is -3.83. The number of benzene rings is 1. The van der Waals surface area contributed by atoms with E-state index in [0.29, 0.717) is 63.6 Å². The molecule has 3 aromatic rings. The van der Waals surface area contributed by atoms with Crippen molar-refractivity contribution in [2.45, 2.75) is 43.7 Å². The summed E-state index contributed by atoms with van der Waals surface area (Å²) in [6.07, 6.45) is 8.43. The van der Waals surface area contributed by atoms with Gasteiger partial charge in [0.05, 0.1) is 5.69 Å². The summed E-state index contributed by atoms with van der Waals surface area (Å²) in [6, 6.07) is 8.61. The molecule has 2 aliphatic rings. The number of hydrogen-bond donors (Lipinski definition) is 4. The van der Waals surface area contributed by atoms with Gasteiger partial charge in [-0.15, -0.1) is 0 Å². The van der Waals surface area contributed by atoms with E-state index >= 15 is 4.39 Å². The zero-order valence-electron chi connectivity index (χ0n) is 21.1. The number of ether oxygens (including phenoxy) is 1. The first-order valence-electron chi connectivity index (χ1n) is 12.9. The largest absolute Gasteiger partial charge is 0.487 e. The van der Waals surface area contributed by atoms with Crippen molar-refractivity contribution in [1.29, 1.82) is 0 Å². The van der Waals surface area contributed by atoms with E-state index in [0.717, 1.165) is 17.5 Å². The van der Waals surface area contributed by atoms with Crippen LogP contribution in [0.15, 0.2) is 48.9 Å². The summed E-state index contributed by atoms with van der Waals surface area (Å²) in [6.45, 7) is 2.56. The van der Waals surface area contributed by atoms with Crippen LogP contribution in [0.2, 0.25) is 0 Å². The maximum atomic E-state index is 15.4. The normalized spacial score (nSPS) is 17.1. The molecule has 1 aliphatic heterocycles. The van der Waals surface area contributed by atoms with Gasteiger partial charge in [-0.1, -0.05) is 6.07 Å². The van der Waals surface area contributed by atoms with Crippen LogP contribution in [-0.2, 0) is 4.79 Å². The van der Waals surface area contributed by atoms with E-state index in [4.69, 9.17) is 10.5 Å². The highest BCUT2D eigenvalue weighted by Crippen LogP contribution is 2.43. The number of hydrogen-bond acceptors (Lipinski definition) is 9. The topological polar surface area (TPSA) is 139 Å². The molecule has 2 aromatic heterocycles. The lowest BCUT2D eigenvalue weighted by atomic mass is 10.0. The minimum Gasteiger partial charge on any atom is -0.487 e. The Morgan fingerprint density at radius 1 is 1.16 bits per heavy atom. The van der Waals surface area contributed by atoms with Crippen molar-refractivity contribution in [2.75, 3.05) is 36.8 Å². The fourth-order valence-electron chi connectivity index (χ4n) is 4.75. The van der Waals surface area contributed by atoms with Crippen LogP contribution in [0, 0.1) is 5.82 Å². The summed E-state index contributed by atoms with van der Waals surface area (Å²) < 4.78 is 21.4. The number of nitrogens with one attached hydrogen (secondary N) is 2. The minimum absolute atomic E-state index is 0.162. The van der Waals surface area contributed by atoms with E-state index in [1.165, 1.54) is 0 Å². The number of carboxylic acids is 1. The highest BCUT2D eigenvalue weighted by molar-refractivity contribution is 5.82. The molecule has 200 valence electrons. The number of aromatic nitrogens is 3. The third-order valence-electron chi connectivity index (χ3n) is 7.10. The van der Waals surface area contributed by atoms with Crippen molar-refractivity contribution in [2.24, 2.45) is 5.73 Å². The van der Waals surface area contributed by atoms with Gasteiger partial charge in [-0.3, -0.25) is 9.69 Å². The zero-order valence-corrected chi connectivity index (χ0v) is 21.1. The maximum absolute atomic E-state index is 15.4. The number of carbonyl (C=O) groups is 1. The van der Waals surface area contributed by atoms with Crippen LogP contribution in [0.3, 0.4) is 0 Å². The lowest BCUT2D eigenvalue weighted by molar-refractivity contribution is -0.146. The molecule has 0 atom stereocenters. The molecule has 38 heavy (non-hydrogen) atoms. The smallest absolute Gasteiger partial charge is 0.324 e. The number of nitrogens with two attached hydrogens (primary N) is 1. The number of rotatable bonds is 11. The van der Waals surface area contributed by atoms with Crippen LogP contribution >= 0.6 is 0 Å². The van der Waals surface area contributed by atoms with Crippen molar-refractivity contribution in [1.82, 2.24) is 19.9 Å². The van der Waals surface area contributed by atoms with Crippen LogP contribution < -0.4 is 21.1 Å². The fraction of sp³-hybridized carbons (Fsp3) is 0.407. The highest BCUT2D eigenvalue weighted by atomic mass is 19.1. The molecule has 1 saturated carbocycles. The van der Waals surface area contributed by atoms with Gasteiger partial charge >= 0.3 is 5.97 Å². The summed E-state index contributed by atoms with van der Waals surface area (Å²) in [5, 5.41) is 15.7. The van der Waals surface area contributed by atoms with E-state index in [9.17, 15) is 9.90 Å². The monoisotopic (exact) mass is 521 g/mol. The minimum atomic E-state index is -0.751. The lowest BCUT2D eigenvalue weighted by Gasteiger charge is -2.36. The van der Waals surface area contributed by atoms with Crippen molar-refractivity contribution in [3.63, 3.8) is 0 Å². The Morgan fingerprint density at radius 3 is 2.61 bits per heavy atom. The number of likely N-dealkylation sites (tertiary alicyclic amines) is 1. The van der Waals surface area contributed by atoms with Gasteiger partial charge in [-0.05, 0) is 68.5 Å². The molecule has 1 aliphatic carbocycles. The Kier molecular flexibility index (Phi) is 7.66. The molecule has 1 saturated heterocycles. The predicted octanol–water partition coefficient (Wildman–Crippen LogP) is 3.64. The predicted molar refractivity (Wildman–Crippen MR) is 142 cm³/mol. The molecule has 0 bridgehead atoms. The quantitative estimate of drug-likeness (QED) is 0.277. The van der Waals surface area contributed by atoms with Gasteiger partial charge in [0.1, 0.15) is 17.5 Å². The Morgan fingerprint density at radius 2 is 1.92 bits per heavy atom. The van der Waals surface area contributed by atoms with Gasteiger partial charge in [-0.2, -0.15) is 0 Å². The van der Waals surface area contributed by atoms with Crippen LogP contribution in [-0.4, -0.2) is 68.7 Å². The Labute approximate surface area is 220 Å². The number of halogens is 1. The van der Waals surface area contributed by atoms with Crippen molar-refractivity contribution >= 4 is 23.4 Å². The molecule has 0 spiro atoms. The number of carboxylic acid groups (broad SMARTS) is 1. The zero-order chi connectivity index (χ0) is 26.5. The van der Waals surface area contributed by atoms with Gasteiger partial charge in [0.25, 0.3) is 0 Å². The Bertz CT molecular complexity index is 1260. The summed E-state index contributed by atoms with van der Waals surface area (Å²) in [4.78, 5) is 26.6. The van der Waals surface area contributed by atoms with Gasteiger partial charge in [0, 0.05) is 43.8 Å². The number of piperidine rings is 1. The van der Waals surface area contributed by atoms with Crippen LogP contribution in [0.5, 0.6) is 5.75 Å². The van der Waals surface area contributed by atoms with E-state index in [1.54, 1.807) is 42.9 Å². The SMILES string of the molecule is NCCCNc1ncc(-c2ccnc(Nc3cccc(OC4CCN(C5(C(=O)O)CC5)CC4)c3F)c2)cn1. The molecule has 5 N–H and O–H groups in total. The lowest BCUT2D eigenvalue weighted by Crippen LogP contribution is -2.49. The molecule has 0 radical (unpaired) electrons. The summed E-state index contributed by atoms with van der Waals surface area (Å²) >= 11 is 0. The van der Waals surface area contributed by atoms with E-state index in [-0.39, 0.29) is 17.5 Å². The van der Waals surface area contributed by atoms with Crippen molar-refractivity contribution in [3.05, 3.63) is 54.7 Å². The maximum Gasteiger partial charge on any atom is 0.324 e. The van der Waals surface area contributed by atoms with Gasteiger partial charge in [0.2, 0.25) is 5.95 Å². The number of pyridine rings is 1. The number of nitrogens with zero attached hydrogens (tertiary/aromatic N) is 4. The molecule has 10 nitrogen and oxygen atoms in total. The van der Waals surface area contributed by atoms with Crippen molar-refractivity contribution in [3.8, 4) is 16.9 Å². The van der Waals surface area contributed by atoms with E-state index < -0.39 is 17.3 Å². The molecule has 2 fully saturated rings. The molecule has 3 heterocycles. The standard InChI is InChI=1S/C27H32FN7O3/c28-24-21(3-1-4-22(24)38-20-6-13-35(14-7-20)27(8-9-27)25(36)37)34-23-15-18(5-12-30-23)19-16-32-26(33-17-19)31-11-2-10-29/h1,3-5,12,15-17,20H,2,6-11,13-14,29H2,(H,30,34)(H,36,37)(H,31,32,33). The Balaban J connectivity index is 1.21. The molecule has 1 aromatic carbocycles. The number of anilines is 3. The van der Waals surface area contributed by atoms with Crippen LogP contribution in [0.25, 0.3) is 11.1 Å². The van der Waals surface area contributed by atoms with Crippen molar-refractivity contribution < 1.29 is 19.0 Å².